The van der Waals surface area contributed by atoms with Crippen molar-refractivity contribution in [1.82, 2.24) is 4.90 Å². The largest absolute Gasteiger partial charge is 0.508 e. The molecular formula is C18H23NO4. The topological polar surface area (TPSA) is 73.9 Å². The molecular weight excluding hydrogens is 294 g/mol. The third kappa shape index (κ3) is 3.41. The fourth-order valence-corrected chi connectivity index (χ4v) is 3.41. The lowest BCUT2D eigenvalue weighted by Crippen LogP contribution is -2.36. The molecule has 1 aromatic carbocycles. The van der Waals surface area contributed by atoms with Gasteiger partial charge in [0.15, 0.2) is 0 Å². The summed E-state index contributed by atoms with van der Waals surface area (Å²) < 4.78 is 5.24. The van der Waals surface area contributed by atoms with Crippen molar-refractivity contribution in [3.63, 3.8) is 0 Å². The Kier molecular flexibility index (Phi) is 4.68. The first-order chi connectivity index (χ1) is 11.1. The van der Waals surface area contributed by atoms with Gasteiger partial charge in [-0.15, -0.1) is 0 Å². The monoisotopic (exact) mass is 317 g/mol. The van der Waals surface area contributed by atoms with Crippen LogP contribution in [-0.4, -0.2) is 34.8 Å². The van der Waals surface area contributed by atoms with Crippen LogP contribution >= 0.6 is 0 Å². The summed E-state index contributed by atoms with van der Waals surface area (Å²) in [6, 6.07) is 4.99. The second-order valence-electron chi connectivity index (χ2n) is 6.35. The van der Waals surface area contributed by atoms with Crippen molar-refractivity contribution in [3.05, 3.63) is 39.7 Å². The molecule has 1 aromatic heterocycles. The molecule has 0 amide bonds. The van der Waals surface area contributed by atoms with E-state index in [1.165, 1.54) is 6.07 Å². The third-order valence-electron chi connectivity index (χ3n) is 4.67. The Hall–Kier alpha value is -1.85. The van der Waals surface area contributed by atoms with E-state index >= 15 is 0 Å². The van der Waals surface area contributed by atoms with Gasteiger partial charge in [-0.1, -0.05) is 6.92 Å². The molecule has 2 N–H and O–H groups in total. The van der Waals surface area contributed by atoms with Crippen molar-refractivity contribution in [1.29, 1.82) is 0 Å². The summed E-state index contributed by atoms with van der Waals surface area (Å²) in [5.74, 6) is 0.476. The molecule has 5 heteroatoms. The Labute approximate surface area is 135 Å². The van der Waals surface area contributed by atoms with Gasteiger partial charge in [-0.25, -0.2) is 4.79 Å². The van der Waals surface area contributed by atoms with Crippen LogP contribution in [0, 0.1) is 5.92 Å². The predicted octanol–water partition coefficient (Wildman–Crippen LogP) is 2.27. The number of likely N-dealkylation sites (tertiary alicyclic amines) is 1. The normalized spacial score (nSPS) is 19.3. The molecule has 0 aliphatic carbocycles. The quantitative estimate of drug-likeness (QED) is 0.846. The number of rotatable bonds is 4. The lowest BCUT2D eigenvalue weighted by atomic mass is 9.98. The number of hydrogen-bond donors (Lipinski definition) is 2. The molecule has 0 unspecified atom stereocenters. The summed E-state index contributed by atoms with van der Waals surface area (Å²) in [7, 11) is 0. The first kappa shape index (κ1) is 16.0. The number of phenols is 1. The number of benzene rings is 1. The van der Waals surface area contributed by atoms with Gasteiger partial charge in [-0.3, -0.25) is 4.90 Å². The Balaban J connectivity index is 1.97. The van der Waals surface area contributed by atoms with Crippen molar-refractivity contribution in [2.75, 3.05) is 19.7 Å². The first-order valence-electron chi connectivity index (χ1n) is 8.22. The number of aliphatic hydroxyl groups excluding tert-OH is 1. The fraction of sp³-hybridized carbons (Fsp3) is 0.500. The van der Waals surface area contributed by atoms with Crippen molar-refractivity contribution in [2.45, 2.75) is 32.7 Å². The molecule has 0 radical (unpaired) electrons. The van der Waals surface area contributed by atoms with Gasteiger partial charge in [-0.05, 0) is 48.9 Å². The van der Waals surface area contributed by atoms with E-state index in [-0.39, 0.29) is 12.4 Å². The average Bonchev–Trinajstić information content (AvgIpc) is 2.54. The molecule has 5 nitrogen and oxygen atoms in total. The lowest BCUT2D eigenvalue weighted by molar-refractivity contribution is 0.116. The number of hydrogen-bond acceptors (Lipinski definition) is 5. The molecule has 1 aliphatic heterocycles. The van der Waals surface area contributed by atoms with Crippen LogP contribution in [-0.2, 0) is 13.0 Å². The van der Waals surface area contributed by atoms with Crippen LogP contribution in [0.5, 0.6) is 5.75 Å². The number of phenolic OH excluding ortho intramolecular Hbond substituents is 1. The number of aryl methyl sites for hydroxylation is 1. The van der Waals surface area contributed by atoms with E-state index in [4.69, 9.17) is 4.42 Å². The second-order valence-corrected chi connectivity index (χ2v) is 6.35. The minimum Gasteiger partial charge on any atom is -0.508 e. The minimum absolute atomic E-state index is 0.165. The molecule has 3 rings (SSSR count). The van der Waals surface area contributed by atoms with Gasteiger partial charge >= 0.3 is 5.63 Å². The molecule has 2 heterocycles. The molecule has 1 saturated heterocycles. The number of aromatic hydroxyl groups is 1. The maximum Gasteiger partial charge on any atom is 0.336 e. The van der Waals surface area contributed by atoms with E-state index in [1.54, 1.807) is 6.07 Å². The summed E-state index contributed by atoms with van der Waals surface area (Å²) in [6.07, 6.45) is 2.83. The predicted molar refractivity (Wildman–Crippen MR) is 88.6 cm³/mol. The summed E-state index contributed by atoms with van der Waals surface area (Å²) in [6.45, 7) is 4.67. The Morgan fingerprint density at radius 1 is 1.30 bits per heavy atom. The smallest absolute Gasteiger partial charge is 0.336 e. The van der Waals surface area contributed by atoms with Gasteiger partial charge in [0, 0.05) is 37.2 Å². The number of aliphatic hydroxyl groups is 1. The highest BCUT2D eigenvalue weighted by Crippen LogP contribution is 2.28. The van der Waals surface area contributed by atoms with E-state index in [1.807, 2.05) is 13.0 Å². The van der Waals surface area contributed by atoms with E-state index in [0.29, 0.717) is 18.0 Å². The highest BCUT2D eigenvalue weighted by atomic mass is 16.4. The summed E-state index contributed by atoms with van der Waals surface area (Å²) in [5.41, 5.74) is 1.80. The fourth-order valence-electron chi connectivity index (χ4n) is 3.41. The van der Waals surface area contributed by atoms with Gasteiger partial charge in [0.25, 0.3) is 0 Å². The van der Waals surface area contributed by atoms with Crippen molar-refractivity contribution < 1.29 is 14.6 Å². The summed E-state index contributed by atoms with van der Waals surface area (Å²) >= 11 is 0. The minimum atomic E-state index is -0.396. The highest BCUT2D eigenvalue weighted by molar-refractivity contribution is 5.82. The second kappa shape index (κ2) is 6.72. The van der Waals surface area contributed by atoms with Crippen molar-refractivity contribution >= 4 is 11.0 Å². The van der Waals surface area contributed by atoms with Crippen LogP contribution in [0.25, 0.3) is 11.0 Å². The number of fused-ring (bicyclic) bond motifs is 1. The summed E-state index contributed by atoms with van der Waals surface area (Å²) in [4.78, 5) is 14.1. The van der Waals surface area contributed by atoms with E-state index < -0.39 is 5.63 Å². The zero-order valence-corrected chi connectivity index (χ0v) is 13.4. The maximum atomic E-state index is 11.8. The molecule has 0 saturated carbocycles. The van der Waals surface area contributed by atoms with Gasteiger partial charge in [0.2, 0.25) is 0 Å². The Morgan fingerprint density at radius 3 is 2.87 bits per heavy atom. The number of nitrogens with zero attached hydrogens (tertiary/aromatic N) is 1. The molecule has 0 spiro atoms. The third-order valence-corrected chi connectivity index (χ3v) is 4.67. The van der Waals surface area contributed by atoms with Crippen LogP contribution in [0.4, 0.5) is 0 Å². The maximum absolute atomic E-state index is 11.8. The standard InChI is InChI=1S/C18H23NO4/c1-2-13-6-15-14(7-18(22)23-17(15)8-16(13)21)10-19-5-3-4-12(9-19)11-20/h6-8,12,20-21H,2-5,9-11H2,1H3/t12-/m0/s1. The lowest BCUT2D eigenvalue weighted by Gasteiger charge is -2.31. The Morgan fingerprint density at radius 2 is 2.13 bits per heavy atom. The van der Waals surface area contributed by atoms with Crippen LogP contribution in [0.2, 0.25) is 0 Å². The summed E-state index contributed by atoms with van der Waals surface area (Å²) in [5, 5.41) is 20.2. The molecule has 1 atom stereocenters. The Bertz CT molecular complexity index is 753. The van der Waals surface area contributed by atoms with E-state index in [0.717, 1.165) is 48.9 Å². The van der Waals surface area contributed by atoms with Crippen LogP contribution < -0.4 is 5.63 Å². The molecule has 1 aliphatic rings. The van der Waals surface area contributed by atoms with Gasteiger partial charge in [0.05, 0.1) is 0 Å². The zero-order valence-electron chi connectivity index (χ0n) is 13.4. The van der Waals surface area contributed by atoms with Gasteiger partial charge < -0.3 is 14.6 Å². The average molecular weight is 317 g/mol. The van der Waals surface area contributed by atoms with E-state index in [2.05, 4.69) is 4.90 Å². The molecule has 23 heavy (non-hydrogen) atoms. The highest BCUT2D eigenvalue weighted by Gasteiger charge is 2.20. The number of piperidine rings is 1. The molecule has 2 aromatic rings. The molecule has 124 valence electrons. The molecule has 1 fully saturated rings. The van der Waals surface area contributed by atoms with Gasteiger partial charge in [0.1, 0.15) is 11.3 Å². The van der Waals surface area contributed by atoms with Crippen LogP contribution in [0.15, 0.2) is 27.4 Å². The van der Waals surface area contributed by atoms with Gasteiger partial charge in [-0.2, -0.15) is 0 Å². The first-order valence-corrected chi connectivity index (χ1v) is 8.22. The SMILES string of the molecule is CCc1cc2c(CN3CCC[C@H](CO)C3)cc(=O)oc2cc1O. The van der Waals surface area contributed by atoms with Crippen molar-refractivity contribution in [2.24, 2.45) is 5.92 Å². The van der Waals surface area contributed by atoms with Crippen LogP contribution in [0.1, 0.15) is 30.9 Å². The van der Waals surface area contributed by atoms with Crippen molar-refractivity contribution in [3.8, 4) is 5.75 Å². The molecule has 0 bridgehead atoms. The zero-order chi connectivity index (χ0) is 16.4. The van der Waals surface area contributed by atoms with E-state index in [9.17, 15) is 15.0 Å². The van der Waals surface area contributed by atoms with Crippen LogP contribution in [0.3, 0.4) is 0 Å².